The van der Waals surface area contributed by atoms with Crippen LogP contribution < -0.4 is 20.1 Å². The zero-order valence-corrected chi connectivity index (χ0v) is 20.3. The Hall–Kier alpha value is -2.85. The number of methoxy groups -OCH3 is 1. The van der Waals surface area contributed by atoms with Gasteiger partial charge in [-0.15, -0.1) is 0 Å². The first-order chi connectivity index (χ1) is 16.6. The summed E-state index contributed by atoms with van der Waals surface area (Å²) in [6.45, 7) is 4.20. The van der Waals surface area contributed by atoms with Crippen molar-refractivity contribution >= 4 is 28.5 Å². The Kier molecular flexibility index (Phi) is 8.59. The third kappa shape index (κ3) is 7.07. The molecule has 2 fully saturated rings. The highest BCUT2D eigenvalue weighted by atomic mass is 32.1. The van der Waals surface area contributed by atoms with Gasteiger partial charge in [0.05, 0.1) is 13.2 Å². The number of amides is 2. The number of carbonyl (C=O) groups excluding carboxylic acids is 2. The van der Waals surface area contributed by atoms with Crippen LogP contribution >= 0.6 is 11.5 Å². The van der Waals surface area contributed by atoms with Crippen LogP contribution in [0.4, 0.5) is 9.80 Å². The van der Waals surface area contributed by atoms with Gasteiger partial charge in [0.2, 0.25) is 5.88 Å². The molecule has 184 valence electrons. The molecule has 1 aromatic heterocycles. The van der Waals surface area contributed by atoms with Gasteiger partial charge in [-0.25, -0.2) is 9.59 Å². The van der Waals surface area contributed by atoms with Gasteiger partial charge in [0, 0.05) is 6.54 Å². The number of aromatic nitrogens is 1. The summed E-state index contributed by atoms with van der Waals surface area (Å²) in [7, 11) is 1.28. The van der Waals surface area contributed by atoms with Crippen molar-refractivity contribution in [2.75, 3.05) is 38.6 Å². The molecule has 34 heavy (non-hydrogen) atoms. The summed E-state index contributed by atoms with van der Waals surface area (Å²) in [5.41, 5.74) is 1.00. The lowest BCUT2D eigenvalue weighted by molar-refractivity contribution is 0.0596. The molecule has 2 aliphatic rings. The van der Waals surface area contributed by atoms with E-state index in [4.69, 9.17) is 14.2 Å². The van der Waals surface area contributed by atoms with Crippen LogP contribution in [0.2, 0.25) is 0 Å². The molecule has 0 radical (unpaired) electrons. The van der Waals surface area contributed by atoms with Gasteiger partial charge in [-0.05, 0) is 87.4 Å². The Morgan fingerprint density at radius 3 is 2.79 bits per heavy atom. The van der Waals surface area contributed by atoms with Crippen molar-refractivity contribution in [3.05, 3.63) is 35.4 Å². The molecule has 0 spiro atoms. The number of rotatable bonds is 12. The molecule has 1 aliphatic heterocycles. The monoisotopic (exact) mass is 488 g/mol. The molecular weight excluding hydrogens is 456 g/mol. The molecule has 1 saturated heterocycles. The third-order valence-corrected chi connectivity index (χ3v) is 6.51. The van der Waals surface area contributed by atoms with Crippen molar-refractivity contribution in [1.82, 2.24) is 14.6 Å². The van der Waals surface area contributed by atoms with E-state index in [0.29, 0.717) is 17.6 Å². The van der Waals surface area contributed by atoms with Gasteiger partial charge in [-0.3, -0.25) is 5.32 Å². The van der Waals surface area contributed by atoms with E-state index in [1.807, 2.05) is 24.3 Å². The maximum absolute atomic E-state index is 12.4. The lowest BCUT2D eigenvalue weighted by atomic mass is 10.2. The molecule has 4 rings (SSSR count). The zero-order chi connectivity index (χ0) is 23.8. The first kappa shape index (κ1) is 24.3. The molecule has 10 heteroatoms. The standard InChI is InChI=1S/C24H32N4O5S/c1-31-23(29)20-21(32-16-17-7-6-8-19(15-17)33-18-9-10-18)27-34-22(20)26-24(30)25-11-2-3-12-28-13-4-5-14-28/h6-8,15,18H,2-5,9-14,16H2,1H3,(H2,25,26,30). The zero-order valence-electron chi connectivity index (χ0n) is 19.5. The van der Waals surface area contributed by atoms with E-state index in [1.54, 1.807) is 0 Å². The molecule has 0 unspecified atom stereocenters. The van der Waals surface area contributed by atoms with Crippen molar-refractivity contribution in [1.29, 1.82) is 0 Å². The van der Waals surface area contributed by atoms with Crippen LogP contribution in [0.25, 0.3) is 0 Å². The van der Waals surface area contributed by atoms with Crippen molar-refractivity contribution in [3.8, 4) is 11.6 Å². The molecule has 2 amide bonds. The summed E-state index contributed by atoms with van der Waals surface area (Å²) in [4.78, 5) is 27.2. The maximum Gasteiger partial charge on any atom is 0.346 e. The van der Waals surface area contributed by atoms with E-state index >= 15 is 0 Å². The van der Waals surface area contributed by atoms with E-state index < -0.39 is 5.97 Å². The van der Waals surface area contributed by atoms with Crippen molar-refractivity contribution in [3.63, 3.8) is 0 Å². The number of unbranched alkanes of at least 4 members (excludes halogenated alkanes) is 1. The number of benzene rings is 1. The van der Waals surface area contributed by atoms with Gasteiger partial charge in [0.25, 0.3) is 0 Å². The lowest BCUT2D eigenvalue weighted by Gasteiger charge is -2.14. The number of esters is 1. The van der Waals surface area contributed by atoms with E-state index in [-0.39, 0.29) is 24.1 Å². The minimum atomic E-state index is -0.615. The van der Waals surface area contributed by atoms with E-state index in [0.717, 1.165) is 55.1 Å². The average molecular weight is 489 g/mol. The number of likely N-dealkylation sites (tertiary alicyclic amines) is 1. The van der Waals surface area contributed by atoms with Crippen LogP contribution in [0, 0.1) is 0 Å². The summed E-state index contributed by atoms with van der Waals surface area (Å²) >= 11 is 0.985. The molecule has 2 N–H and O–H groups in total. The molecule has 0 atom stereocenters. The van der Waals surface area contributed by atoms with Crippen LogP contribution in [0.3, 0.4) is 0 Å². The second kappa shape index (κ2) is 12.0. The Morgan fingerprint density at radius 2 is 2.03 bits per heavy atom. The number of ether oxygens (including phenoxy) is 3. The fourth-order valence-corrected chi connectivity index (χ4v) is 4.51. The predicted octanol–water partition coefficient (Wildman–Crippen LogP) is 4.05. The predicted molar refractivity (Wildman–Crippen MR) is 130 cm³/mol. The number of hydrogen-bond acceptors (Lipinski definition) is 8. The summed E-state index contributed by atoms with van der Waals surface area (Å²) < 4.78 is 20.8. The van der Waals surface area contributed by atoms with E-state index in [9.17, 15) is 9.59 Å². The summed E-state index contributed by atoms with van der Waals surface area (Å²) in [6.07, 6.45) is 6.99. The largest absolute Gasteiger partial charge is 0.490 e. The molecule has 9 nitrogen and oxygen atoms in total. The number of nitrogens with one attached hydrogen (secondary N) is 2. The van der Waals surface area contributed by atoms with Crippen molar-refractivity contribution in [2.24, 2.45) is 0 Å². The quantitative estimate of drug-likeness (QED) is 0.343. The SMILES string of the molecule is COC(=O)c1c(OCc2cccc(OC3CC3)c2)nsc1NC(=O)NCCCCN1CCCC1. The topological polar surface area (TPSA) is 102 Å². The number of nitrogens with zero attached hydrogens (tertiary/aromatic N) is 2. The van der Waals surface area contributed by atoms with Crippen molar-refractivity contribution < 1.29 is 23.8 Å². The number of carbonyl (C=O) groups is 2. The van der Waals surface area contributed by atoms with E-state index in [1.165, 1.54) is 33.0 Å². The van der Waals surface area contributed by atoms with Crippen LogP contribution in [0.15, 0.2) is 24.3 Å². The minimum absolute atomic E-state index is 0.113. The Morgan fingerprint density at radius 1 is 1.21 bits per heavy atom. The Bertz CT molecular complexity index is 972. The average Bonchev–Trinajstić information content (AvgIpc) is 3.33. The number of hydrogen-bond donors (Lipinski definition) is 2. The summed E-state index contributed by atoms with van der Waals surface area (Å²) in [5, 5.41) is 5.84. The molecular formula is C24H32N4O5S. The minimum Gasteiger partial charge on any atom is -0.490 e. The van der Waals surface area contributed by atoms with Gasteiger partial charge in [0.15, 0.2) is 5.56 Å². The highest BCUT2D eigenvalue weighted by Crippen LogP contribution is 2.32. The maximum atomic E-state index is 12.4. The van der Waals surface area contributed by atoms with Gasteiger partial charge in [0.1, 0.15) is 17.4 Å². The Balaban J connectivity index is 1.28. The van der Waals surface area contributed by atoms with Gasteiger partial charge >= 0.3 is 12.0 Å². The van der Waals surface area contributed by atoms with Crippen LogP contribution in [-0.2, 0) is 11.3 Å². The van der Waals surface area contributed by atoms with Crippen LogP contribution in [-0.4, -0.2) is 60.7 Å². The fraction of sp³-hybridized carbons (Fsp3) is 0.542. The van der Waals surface area contributed by atoms with Crippen LogP contribution in [0.5, 0.6) is 11.6 Å². The molecule has 0 bridgehead atoms. The Labute approximate surface area is 203 Å². The highest BCUT2D eigenvalue weighted by molar-refractivity contribution is 7.11. The normalized spacial score (nSPS) is 15.7. The van der Waals surface area contributed by atoms with Crippen molar-refractivity contribution in [2.45, 2.75) is 51.2 Å². The third-order valence-electron chi connectivity index (χ3n) is 5.76. The van der Waals surface area contributed by atoms with Gasteiger partial charge in [-0.1, -0.05) is 12.1 Å². The lowest BCUT2D eigenvalue weighted by Crippen LogP contribution is -2.30. The second-order valence-electron chi connectivity index (χ2n) is 8.57. The smallest absolute Gasteiger partial charge is 0.346 e. The first-order valence-electron chi connectivity index (χ1n) is 11.9. The molecule has 1 saturated carbocycles. The molecule has 2 heterocycles. The fourth-order valence-electron chi connectivity index (χ4n) is 3.80. The molecule has 1 aromatic carbocycles. The van der Waals surface area contributed by atoms with Gasteiger partial charge in [-0.2, -0.15) is 4.37 Å². The highest BCUT2D eigenvalue weighted by Gasteiger charge is 2.25. The molecule has 2 aromatic rings. The second-order valence-corrected chi connectivity index (χ2v) is 9.35. The summed E-state index contributed by atoms with van der Waals surface area (Å²) in [6, 6.07) is 7.27. The number of urea groups is 1. The molecule has 1 aliphatic carbocycles. The summed E-state index contributed by atoms with van der Waals surface area (Å²) in [5.74, 6) is 0.316. The van der Waals surface area contributed by atoms with Gasteiger partial charge < -0.3 is 24.4 Å². The number of anilines is 1. The first-order valence-corrected chi connectivity index (χ1v) is 12.6. The van der Waals surface area contributed by atoms with Crippen LogP contribution in [0.1, 0.15) is 54.4 Å². The van der Waals surface area contributed by atoms with E-state index in [2.05, 4.69) is 19.9 Å².